The Kier molecular flexibility index (Phi) is 4.30. The van der Waals surface area contributed by atoms with E-state index in [1.807, 2.05) is 6.07 Å². The number of fused-ring (bicyclic) bond motifs is 3. The maximum absolute atomic E-state index is 9.65. The summed E-state index contributed by atoms with van der Waals surface area (Å²) in [5.74, 6) is 0. The Morgan fingerprint density at radius 2 is 2.16 bits per heavy atom. The lowest BCUT2D eigenvalue weighted by atomic mass is 10.0. The van der Waals surface area contributed by atoms with Gasteiger partial charge < -0.3 is 19.9 Å². The highest BCUT2D eigenvalue weighted by Gasteiger charge is 2.29. The van der Waals surface area contributed by atoms with Gasteiger partial charge in [-0.15, -0.1) is 0 Å². The van der Waals surface area contributed by atoms with E-state index in [1.54, 1.807) is 13.3 Å². The fraction of sp³-hybridized carbons (Fsp3) is 0.444. The van der Waals surface area contributed by atoms with Gasteiger partial charge in [0.2, 0.25) is 0 Å². The minimum atomic E-state index is 0.631. The number of pyridine rings is 1. The summed E-state index contributed by atoms with van der Waals surface area (Å²) in [5, 5.41) is 14.0. The van der Waals surface area contributed by atoms with Crippen molar-refractivity contribution in [1.82, 2.24) is 25.1 Å². The maximum atomic E-state index is 9.65. The van der Waals surface area contributed by atoms with Crippen molar-refractivity contribution in [3.8, 4) is 6.07 Å². The van der Waals surface area contributed by atoms with Gasteiger partial charge in [0.05, 0.1) is 18.8 Å². The molecule has 130 valence electrons. The molecular weight excluding hydrogens is 316 g/mol. The number of piperazine rings is 1. The number of nitrogens with zero attached hydrogens (tertiary/aromatic N) is 4. The molecule has 1 fully saturated rings. The summed E-state index contributed by atoms with van der Waals surface area (Å²) in [6.45, 7) is 6.09. The molecule has 7 heteroatoms. The van der Waals surface area contributed by atoms with Crippen molar-refractivity contribution in [2.24, 2.45) is 0 Å². The van der Waals surface area contributed by atoms with Crippen LogP contribution in [0.1, 0.15) is 11.3 Å². The van der Waals surface area contributed by atoms with Crippen molar-refractivity contribution in [2.75, 3.05) is 46.4 Å². The molecule has 2 aromatic rings. The lowest BCUT2D eigenvalue weighted by Gasteiger charge is -2.38. The molecule has 0 atom stereocenters. The molecule has 1 saturated heterocycles. The fourth-order valence-corrected chi connectivity index (χ4v) is 3.69. The molecule has 0 aliphatic carbocycles. The normalized spacial score (nSPS) is 18.2. The molecule has 0 aromatic carbocycles. The molecule has 0 radical (unpaired) electrons. The molecule has 0 bridgehead atoms. The lowest BCUT2D eigenvalue weighted by molar-refractivity contribution is 0.117. The second-order valence-corrected chi connectivity index (χ2v) is 6.39. The van der Waals surface area contributed by atoms with Gasteiger partial charge in [0.25, 0.3) is 0 Å². The number of H-pyrrole nitrogens is 1. The van der Waals surface area contributed by atoms with E-state index in [4.69, 9.17) is 4.74 Å². The third-order valence-corrected chi connectivity index (χ3v) is 4.98. The van der Waals surface area contributed by atoms with Crippen LogP contribution in [0.3, 0.4) is 0 Å². The topological polar surface area (TPSA) is 80.2 Å². The van der Waals surface area contributed by atoms with Gasteiger partial charge in [-0.2, -0.15) is 5.26 Å². The first-order valence-corrected chi connectivity index (χ1v) is 8.62. The summed E-state index contributed by atoms with van der Waals surface area (Å²) in [6, 6.07) is 6.38. The predicted octanol–water partition coefficient (Wildman–Crippen LogP) is 1.12. The van der Waals surface area contributed by atoms with Gasteiger partial charge in [0.1, 0.15) is 17.4 Å². The third kappa shape index (κ3) is 2.84. The number of nitrogens with one attached hydrogen (secondary N) is 2. The molecule has 0 spiro atoms. The Hall–Kier alpha value is -2.56. The number of aromatic nitrogens is 2. The molecule has 0 saturated carbocycles. The zero-order valence-electron chi connectivity index (χ0n) is 14.4. The Bertz CT molecular complexity index is 841. The van der Waals surface area contributed by atoms with E-state index in [2.05, 4.69) is 37.2 Å². The van der Waals surface area contributed by atoms with Gasteiger partial charge in [-0.3, -0.25) is 4.90 Å². The first kappa shape index (κ1) is 15.9. The molecule has 4 rings (SSSR count). The molecule has 2 aromatic heterocycles. The smallest absolute Gasteiger partial charge is 0.138 e. The predicted molar refractivity (Wildman–Crippen MR) is 95.4 cm³/mol. The van der Waals surface area contributed by atoms with Crippen LogP contribution in [0.5, 0.6) is 0 Å². The van der Waals surface area contributed by atoms with E-state index in [1.165, 1.54) is 0 Å². The quantitative estimate of drug-likeness (QED) is 0.870. The molecular formula is C18H22N6O. The van der Waals surface area contributed by atoms with Gasteiger partial charge in [0, 0.05) is 62.7 Å². The number of hydrogen-bond donors (Lipinski definition) is 2. The zero-order chi connectivity index (χ0) is 17.2. The number of allylic oxidation sites excluding steroid dienone is 1. The van der Waals surface area contributed by atoms with Gasteiger partial charge in [0.15, 0.2) is 0 Å². The number of rotatable bonds is 4. The standard InChI is InChI=1S/C18H22N6O/c1-25-10-9-23-5-7-24(8-6-23)17-14(11-19)21-12-15-16(17)13-3-2-4-20-18(13)22-15/h2-4,21H,5-10,12H2,1H3,(H,20,22). The molecule has 2 aliphatic rings. The van der Waals surface area contributed by atoms with Gasteiger partial charge in [-0.25, -0.2) is 4.98 Å². The van der Waals surface area contributed by atoms with E-state index >= 15 is 0 Å². The van der Waals surface area contributed by atoms with Gasteiger partial charge in [-0.1, -0.05) is 0 Å². The molecule has 0 unspecified atom stereocenters. The number of ether oxygens (including phenoxy) is 1. The van der Waals surface area contributed by atoms with E-state index < -0.39 is 0 Å². The van der Waals surface area contributed by atoms with Crippen molar-refractivity contribution in [3.05, 3.63) is 35.3 Å². The fourth-order valence-electron chi connectivity index (χ4n) is 3.69. The van der Waals surface area contributed by atoms with Crippen LogP contribution >= 0.6 is 0 Å². The minimum Gasteiger partial charge on any atom is -0.383 e. The van der Waals surface area contributed by atoms with Crippen LogP contribution in [-0.4, -0.2) is 66.2 Å². The van der Waals surface area contributed by atoms with Crippen molar-refractivity contribution in [2.45, 2.75) is 6.54 Å². The van der Waals surface area contributed by atoms with Gasteiger partial charge in [-0.05, 0) is 12.1 Å². The lowest BCUT2D eigenvalue weighted by Crippen LogP contribution is -2.47. The number of hydrogen-bond acceptors (Lipinski definition) is 6. The summed E-state index contributed by atoms with van der Waals surface area (Å²) in [5.41, 5.74) is 4.77. The number of nitriles is 1. The average Bonchev–Trinajstić information content (AvgIpc) is 3.04. The Morgan fingerprint density at radius 1 is 1.32 bits per heavy atom. The molecule has 7 nitrogen and oxygen atoms in total. The van der Waals surface area contributed by atoms with E-state index in [-0.39, 0.29) is 0 Å². The van der Waals surface area contributed by atoms with E-state index in [0.29, 0.717) is 12.2 Å². The average molecular weight is 338 g/mol. The summed E-state index contributed by atoms with van der Waals surface area (Å²) in [6.07, 6.45) is 1.79. The van der Waals surface area contributed by atoms with E-state index in [0.717, 1.165) is 67.3 Å². The van der Waals surface area contributed by atoms with Crippen molar-refractivity contribution < 1.29 is 4.74 Å². The van der Waals surface area contributed by atoms with Crippen LogP contribution in [0.25, 0.3) is 16.7 Å². The Balaban J connectivity index is 1.67. The molecule has 0 amide bonds. The van der Waals surface area contributed by atoms with Crippen molar-refractivity contribution in [1.29, 1.82) is 5.26 Å². The molecule has 2 N–H and O–H groups in total. The number of methoxy groups -OCH3 is 1. The van der Waals surface area contributed by atoms with Crippen LogP contribution in [-0.2, 0) is 11.3 Å². The largest absolute Gasteiger partial charge is 0.383 e. The summed E-state index contributed by atoms with van der Waals surface area (Å²) in [7, 11) is 1.74. The summed E-state index contributed by atoms with van der Waals surface area (Å²) < 4.78 is 5.18. The van der Waals surface area contributed by atoms with Crippen molar-refractivity contribution >= 4 is 16.7 Å². The molecule has 2 aliphatic heterocycles. The second-order valence-electron chi connectivity index (χ2n) is 6.39. The number of aromatic amines is 1. The van der Waals surface area contributed by atoms with E-state index in [9.17, 15) is 5.26 Å². The molecule has 4 heterocycles. The van der Waals surface area contributed by atoms with Crippen LogP contribution in [0, 0.1) is 11.3 Å². The highest BCUT2D eigenvalue weighted by Crippen LogP contribution is 2.35. The molecule has 25 heavy (non-hydrogen) atoms. The van der Waals surface area contributed by atoms with Crippen LogP contribution < -0.4 is 5.32 Å². The van der Waals surface area contributed by atoms with Crippen LogP contribution in [0.2, 0.25) is 0 Å². The SMILES string of the molecule is COCCN1CCN(C2=C(C#N)NCc3[nH]c4ncccc4c32)CC1. The third-order valence-electron chi connectivity index (χ3n) is 4.98. The maximum Gasteiger partial charge on any atom is 0.138 e. The Morgan fingerprint density at radius 3 is 2.92 bits per heavy atom. The highest BCUT2D eigenvalue weighted by molar-refractivity contribution is 5.94. The second kappa shape index (κ2) is 6.75. The van der Waals surface area contributed by atoms with Gasteiger partial charge >= 0.3 is 0 Å². The van der Waals surface area contributed by atoms with Crippen molar-refractivity contribution in [3.63, 3.8) is 0 Å². The first-order valence-electron chi connectivity index (χ1n) is 8.62. The zero-order valence-corrected chi connectivity index (χ0v) is 14.4. The summed E-state index contributed by atoms with van der Waals surface area (Å²) >= 11 is 0. The Labute approximate surface area is 146 Å². The van der Waals surface area contributed by atoms with Crippen LogP contribution in [0.15, 0.2) is 24.0 Å². The monoisotopic (exact) mass is 338 g/mol. The first-order chi connectivity index (χ1) is 12.3. The highest BCUT2D eigenvalue weighted by atomic mass is 16.5. The summed E-state index contributed by atoms with van der Waals surface area (Å²) in [4.78, 5) is 12.6. The van der Waals surface area contributed by atoms with Crippen LogP contribution in [0.4, 0.5) is 0 Å². The minimum absolute atomic E-state index is 0.631.